The smallest absolute Gasteiger partial charge is 0.0648 e. The fourth-order valence-corrected chi connectivity index (χ4v) is 3.44. The molecule has 2 atom stereocenters. The average molecular weight is 171 g/mol. The zero-order valence-electron chi connectivity index (χ0n) is 7.39. The van der Waals surface area contributed by atoms with Gasteiger partial charge in [0.05, 0.1) is 4.87 Å². The number of rotatable bonds is 2. The van der Waals surface area contributed by atoms with E-state index in [0.717, 1.165) is 12.0 Å². The zero-order chi connectivity index (χ0) is 7.90. The summed E-state index contributed by atoms with van der Waals surface area (Å²) in [5.74, 6) is 2.30. The summed E-state index contributed by atoms with van der Waals surface area (Å²) in [6.45, 7) is 4.65. The minimum atomic E-state index is 0.445. The van der Waals surface area contributed by atoms with Crippen molar-refractivity contribution in [3.8, 4) is 0 Å². The van der Waals surface area contributed by atoms with Gasteiger partial charge in [-0.2, -0.15) is 0 Å². The van der Waals surface area contributed by atoms with Crippen molar-refractivity contribution in [3.63, 3.8) is 0 Å². The van der Waals surface area contributed by atoms with Gasteiger partial charge in [0, 0.05) is 11.8 Å². The highest BCUT2D eigenvalue weighted by molar-refractivity contribution is 8.00. The van der Waals surface area contributed by atoms with E-state index in [1.54, 1.807) is 0 Å². The van der Waals surface area contributed by atoms with Gasteiger partial charge < -0.3 is 0 Å². The highest BCUT2D eigenvalue weighted by atomic mass is 32.2. The van der Waals surface area contributed by atoms with Gasteiger partial charge in [-0.05, 0) is 32.1 Å². The van der Waals surface area contributed by atoms with Gasteiger partial charge in [-0.25, -0.2) is 0 Å². The van der Waals surface area contributed by atoms with E-state index in [4.69, 9.17) is 0 Å². The Morgan fingerprint density at radius 3 is 2.73 bits per heavy atom. The first-order valence-corrected chi connectivity index (χ1v) is 5.65. The van der Waals surface area contributed by atoms with Crippen LogP contribution in [0.1, 0.15) is 33.1 Å². The van der Waals surface area contributed by atoms with Crippen LogP contribution in [-0.4, -0.2) is 16.7 Å². The van der Waals surface area contributed by atoms with E-state index in [1.165, 1.54) is 25.0 Å². The SMILES string of the molecule is CCC1CSC(C)(C2CC2)N1. The van der Waals surface area contributed by atoms with Crippen molar-refractivity contribution >= 4 is 11.8 Å². The van der Waals surface area contributed by atoms with Crippen LogP contribution in [0.4, 0.5) is 0 Å². The van der Waals surface area contributed by atoms with Crippen LogP contribution in [0, 0.1) is 5.92 Å². The summed E-state index contributed by atoms with van der Waals surface area (Å²) in [7, 11) is 0. The summed E-state index contributed by atoms with van der Waals surface area (Å²) in [6, 6.07) is 0.783. The number of thioether (sulfide) groups is 1. The first-order chi connectivity index (χ1) is 5.24. The third-order valence-corrected chi connectivity index (χ3v) is 4.54. The van der Waals surface area contributed by atoms with Crippen molar-refractivity contribution < 1.29 is 0 Å². The molecule has 2 fully saturated rings. The Labute approximate surface area is 73.3 Å². The fraction of sp³-hybridized carbons (Fsp3) is 1.00. The molecule has 2 unspecified atom stereocenters. The second kappa shape index (κ2) is 2.67. The molecular weight excluding hydrogens is 154 g/mol. The molecule has 64 valence electrons. The molecule has 1 nitrogen and oxygen atoms in total. The van der Waals surface area contributed by atoms with E-state index in [0.29, 0.717) is 4.87 Å². The van der Waals surface area contributed by atoms with Gasteiger partial charge in [-0.3, -0.25) is 5.32 Å². The predicted molar refractivity (Wildman–Crippen MR) is 50.8 cm³/mol. The van der Waals surface area contributed by atoms with Crippen molar-refractivity contribution in [2.75, 3.05) is 5.75 Å². The molecular formula is C9H17NS. The minimum Gasteiger partial charge on any atom is -0.299 e. The number of nitrogens with one attached hydrogen (secondary N) is 1. The van der Waals surface area contributed by atoms with Crippen molar-refractivity contribution in [3.05, 3.63) is 0 Å². The molecule has 0 aromatic heterocycles. The van der Waals surface area contributed by atoms with Crippen LogP contribution < -0.4 is 5.32 Å². The highest BCUT2D eigenvalue weighted by Gasteiger charge is 2.46. The van der Waals surface area contributed by atoms with Gasteiger partial charge in [0.25, 0.3) is 0 Å². The third-order valence-electron chi connectivity index (χ3n) is 2.92. The van der Waals surface area contributed by atoms with Crippen molar-refractivity contribution in [2.45, 2.75) is 44.0 Å². The second-order valence-electron chi connectivity index (χ2n) is 3.94. The Kier molecular flexibility index (Phi) is 1.92. The first kappa shape index (κ1) is 7.93. The van der Waals surface area contributed by atoms with E-state index in [9.17, 15) is 0 Å². The Morgan fingerprint density at radius 2 is 2.27 bits per heavy atom. The average Bonchev–Trinajstić information content (AvgIpc) is 2.77. The monoisotopic (exact) mass is 171 g/mol. The maximum absolute atomic E-state index is 3.74. The van der Waals surface area contributed by atoms with Gasteiger partial charge >= 0.3 is 0 Å². The lowest BCUT2D eigenvalue weighted by Crippen LogP contribution is -2.40. The summed E-state index contributed by atoms with van der Waals surface area (Å²) in [5.41, 5.74) is 0. The van der Waals surface area contributed by atoms with Crippen LogP contribution in [0.2, 0.25) is 0 Å². The molecule has 1 saturated heterocycles. The standard InChI is InChI=1S/C9H17NS/c1-3-8-6-11-9(2,10-8)7-4-5-7/h7-8,10H,3-6H2,1-2H3. The molecule has 0 aromatic carbocycles. The Balaban J connectivity index is 1.95. The van der Waals surface area contributed by atoms with Gasteiger partial charge in [-0.1, -0.05) is 6.92 Å². The van der Waals surface area contributed by atoms with Crippen LogP contribution in [0.25, 0.3) is 0 Å². The largest absolute Gasteiger partial charge is 0.299 e. The third kappa shape index (κ3) is 1.43. The molecule has 1 heterocycles. The molecule has 2 aliphatic rings. The fourth-order valence-electron chi connectivity index (χ4n) is 1.85. The molecule has 1 saturated carbocycles. The first-order valence-electron chi connectivity index (χ1n) is 4.66. The number of hydrogen-bond donors (Lipinski definition) is 1. The Bertz CT molecular complexity index is 156. The summed E-state index contributed by atoms with van der Waals surface area (Å²) in [4.78, 5) is 0.445. The van der Waals surface area contributed by atoms with Crippen LogP contribution >= 0.6 is 11.8 Å². The molecule has 0 aromatic rings. The van der Waals surface area contributed by atoms with Crippen LogP contribution in [0.15, 0.2) is 0 Å². The van der Waals surface area contributed by atoms with E-state index < -0.39 is 0 Å². The van der Waals surface area contributed by atoms with Gasteiger partial charge in [0.15, 0.2) is 0 Å². The lowest BCUT2D eigenvalue weighted by molar-refractivity contribution is 0.419. The molecule has 2 rings (SSSR count). The van der Waals surface area contributed by atoms with Gasteiger partial charge in [-0.15, -0.1) is 11.8 Å². The van der Waals surface area contributed by atoms with E-state index in [2.05, 4.69) is 30.9 Å². The summed E-state index contributed by atoms with van der Waals surface area (Å²) in [5, 5.41) is 3.74. The second-order valence-corrected chi connectivity index (χ2v) is 5.41. The normalized spacial score (nSPS) is 44.7. The van der Waals surface area contributed by atoms with Crippen LogP contribution in [-0.2, 0) is 0 Å². The van der Waals surface area contributed by atoms with Crippen molar-refractivity contribution in [1.82, 2.24) is 5.32 Å². The molecule has 0 radical (unpaired) electrons. The lowest BCUT2D eigenvalue weighted by Gasteiger charge is -2.24. The summed E-state index contributed by atoms with van der Waals surface area (Å²) in [6.07, 6.45) is 4.19. The van der Waals surface area contributed by atoms with E-state index in [1.807, 2.05) is 0 Å². The molecule has 0 spiro atoms. The zero-order valence-corrected chi connectivity index (χ0v) is 8.21. The maximum Gasteiger partial charge on any atom is 0.0648 e. The minimum absolute atomic E-state index is 0.445. The molecule has 0 amide bonds. The van der Waals surface area contributed by atoms with E-state index in [-0.39, 0.29) is 0 Å². The topological polar surface area (TPSA) is 12.0 Å². The quantitative estimate of drug-likeness (QED) is 0.684. The lowest BCUT2D eigenvalue weighted by atomic mass is 10.1. The Morgan fingerprint density at radius 1 is 1.55 bits per heavy atom. The van der Waals surface area contributed by atoms with Gasteiger partial charge in [0.1, 0.15) is 0 Å². The van der Waals surface area contributed by atoms with E-state index >= 15 is 0 Å². The van der Waals surface area contributed by atoms with Crippen LogP contribution in [0.3, 0.4) is 0 Å². The molecule has 1 aliphatic carbocycles. The highest BCUT2D eigenvalue weighted by Crippen LogP contribution is 2.48. The van der Waals surface area contributed by atoms with Crippen LogP contribution in [0.5, 0.6) is 0 Å². The summed E-state index contributed by atoms with van der Waals surface area (Å²) < 4.78 is 0. The molecule has 11 heavy (non-hydrogen) atoms. The molecule has 2 heteroatoms. The van der Waals surface area contributed by atoms with Gasteiger partial charge in [0.2, 0.25) is 0 Å². The predicted octanol–water partition coefficient (Wildman–Crippen LogP) is 2.23. The maximum atomic E-state index is 3.74. The molecule has 1 N–H and O–H groups in total. The molecule has 0 bridgehead atoms. The van der Waals surface area contributed by atoms with Crippen molar-refractivity contribution in [2.24, 2.45) is 5.92 Å². The Hall–Kier alpha value is 0.310. The summed E-state index contributed by atoms with van der Waals surface area (Å²) >= 11 is 2.14. The number of hydrogen-bond acceptors (Lipinski definition) is 2. The molecule has 1 aliphatic heterocycles. The van der Waals surface area contributed by atoms with Crippen molar-refractivity contribution in [1.29, 1.82) is 0 Å².